The smallest absolute Gasteiger partial charge is 0.242 e. The number of hydrogen-bond donors (Lipinski definition) is 1. The van der Waals surface area contributed by atoms with Crippen LogP contribution in [-0.2, 0) is 4.79 Å². The van der Waals surface area contributed by atoms with Crippen LogP contribution in [0.3, 0.4) is 0 Å². The summed E-state index contributed by atoms with van der Waals surface area (Å²) in [5.74, 6) is 0.322. The Morgan fingerprint density at radius 1 is 1.14 bits per heavy atom. The molecule has 3 fully saturated rings. The van der Waals surface area contributed by atoms with Crippen molar-refractivity contribution in [1.82, 2.24) is 15.1 Å². The van der Waals surface area contributed by atoms with Crippen molar-refractivity contribution in [3.8, 4) is 0 Å². The SMILES string of the molecule is CC1(C)CC2CC(C)(CN2C(C)(C)C(=O)N2CCNCC2)C1. The minimum absolute atomic E-state index is 0.322. The molecular formula is C18H33N3O. The van der Waals surface area contributed by atoms with E-state index in [0.717, 1.165) is 32.7 Å². The maximum atomic E-state index is 13.1. The lowest BCUT2D eigenvalue weighted by molar-refractivity contribution is -0.144. The molecule has 0 radical (unpaired) electrons. The van der Waals surface area contributed by atoms with Gasteiger partial charge in [-0.05, 0) is 43.9 Å². The van der Waals surface area contributed by atoms with Crippen molar-refractivity contribution in [2.45, 2.75) is 65.5 Å². The van der Waals surface area contributed by atoms with Crippen LogP contribution in [0.2, 0.25) is 0 Å². The van der Waals surface area contributed by atoms with Crippen molar-refractivity contribution in [1.29, 1.82) is 0 Å². The number of rotatable bonds is 2. The molecular weight excluding hydrogens is 274 g/mol. The molecule has 1 aliphatic carbocycles. The maximum absolute atomic E-state index is 13.1. The van der Waals surface area contributed by atoms with Gasteiger partial charge in [-0.1, -0.05) is 20.8 Å². The second-order valence-electron chi connectivity index (χ2n) is 9.44. The molecule has 126 valence electrons. The standard InChI is InChI=1S/C18H33N3O/c1-16(2)10-14-11-18(5,12-16)13-21(14)17(3,4)15(22)20-8-6-19-7-9-20/h14,19H,6-13H2,1-5H3. The molecule has 2 bridgehead atoms. The molecule has 0 spiro atoms. The Hall–Kier alpha value is -0.610. The molecule has 2 heterocycles. The van der Waals surface area contributed by atoms with Crippen LogP contribution in [0.4, 0.5) is 0 Å². The highest BCUT2D eigenvalue weighted by Gasteiger charge is 2.54. The zero-order valence-electron chi connectivity index (χ0n) is 15.0. The van der Waals surface area contributed by atoms with Gasteiger partial charge < -0.3 is 10.2 Å². The van der Waals surface area contributed by atoms with Crippen LogP contribution in [-0.4, -0.2) is 60.0 Å². The van der Waals surface area contributed by atoms with Gasteiger partial charge in [0.05, 0.1) is 5.54 Å². The van der Waals surface area contributed by atoms with Gasteiger partial charge in [0.1, 0.15) is 0 Å². The minimum atomic E-state index is -0.375. The van der Waals surface area contributed by atoms with Crippen molar-refractivity contribution in [3.63, 3.8) is 0 Å². The van der Waals surface area contributed by atoms with Gasteiger partial charge in [0.25, 0.3) is 0 Å². The van der Waals surface area contributed by atoms with Crippen LogP contribution in [0.25, 0.3) is 0 Å². The summed E-state index contributed by atoms with van der Waals surface area (Å²) in [5.41, 5.74) is 0.411. The zero-order valence-corrected chi connectivity index (χ0v) is 15.0. The minimum Gasteiger partial charge on any atom is -0.339 e. The van der Waals surface area contributed by atoms with Crippen molar-refractivity contribution < 1.29 is 4.79 Å². The van der Waals surface area contributed by atoms with Crippen molar-refractivity contribution in [3.05, 3.63) is 0 Å². The van der Waals surface area contributed by atoms with Gasteiger partial charge in [0, 0.05) is 38.8 Å². The largest absolute Gasteiger partial charge is 0.339 e. The number of hydrogen-bond acceptors (Lipinski definition) is 3. The number of likely N-dealkylation sites (tertiary alicyclic amines) is 1. The highest BCUT2D eigenvalue weighted by atomic mass is 16.2. The summed E-state index contributed by atoms with van der Waals surface area (Å²) in [4.78, 5) is 17.7. The lowest BCUT2D eigenvalue weighted by atomic mass is 9.65. The Kier molecular flexibility index (Phi) is 3.84. The summed E-state index contributed by atoms with van der Waals surface area (Å²) in [7, 11) is 0. The summed E-state index contributed by atoms with van der Waals surface area (Å²) in [6.07, 6.45) is 3.76. The third-order valence-corrected chi connectivity index (χ3v) is 6.06. The summed E-state index contributed by atoms with van der Waals surface area (Å²) >= 11 is 0. The van der Waals surface area contributed by atoms with E-state index in [4.69, 9.17) is 0 Å². The number of carbonyl (C=O) groups excluding carboxylic acids is 1. The molecule has 2 atom stereocenters. The maximum Gasteiger partial charge on any atom is 0.242 e. The average Bonchev–Trinajstić information content (AvgIpc) is 2.68. The Labute approximate surface area is 135 Å². The quantitative estimate of drug-likeness (QED) is 0.848. The third kappa shape index (κ3) is 2.80. The topological polar surface area (TPSA) is 35.6 Å². The molecule has 2 aliphatic heterocycles. The summed E-state index contributed by atoms with van der Waals surface area (Å²) < 4.78 is 0. The molecule has 4 nitrogen and oxygen atoms in total. The fraction of sp³-hybridized carbons (Fsp3) is 0.944. The fourth-order valence-electron chi connectivity index (χ4n) is 5.49. The zero-order chi connectivity index (χ0) is 16.2. The van der Waals surface area contributed by atoms with Crippen LogP contribution in [0.15, 0.2) is 0 Å². The summed E-state index contributed by atoms with van der Waals surface area (Å²) in [6.45, 7) is 16.1. The second-order valence-corrected chi connectivity index (χ2v) is 9.44. The third-order valence-electron chi connectivity index (χ3n) is 6.06. The highest BCUT2D eigenvalue weighted by molar-refractivity contribution is 5.85. The van der Waals surface area contributed by atoms with Gasteiger partial charge in [-0.15, -0.1) is 0 Å². The first kappa shape index (κ1) is 16.3. The molecule has 22 heavy (non-hydrogen) atoms. The fourth-order valence-corrected chi connectivity index (χ4v) is 5.49. The van der Waals surface area contributed by atoms with Gasteiger partial charge >= 0.3 is 0 Å². The van der Waals surface area contributed by atoms with Crippen LogP contribution in [0, 0.1) is 10.8 Å². The molecule has 0 aromatic carbocycles. The van der Waals surface area contributed by atoms with Gasteiger partial charge in [0.15, 0.2) is 0 Å². The predicted octanol–water partition coefficient (Wildman–Crippen LogP) is 2.10. The Morgan fingerprint density at radius 2 is 1.77 bits per heavy atom. The monoisotopic (exact) mass is 307 g/mol. The van der Waals surface area contributed by atoms with E-state index in [9.17, 15) is 4.79 Å². The van der Waals surface area contributed by atoms with E-state index >= 15 is 0 Å². The van der Waals surface area contributed by atoms with Gasteiger partial charge in [-0.3, -0.25) is 9.69 Å². The number of nitrogens with zero attached hydrogens (tertiary/aromatic N) is 2. The van der Waals surface area contributed by atoms with E-state index in [-0.39, 0.29) is 5.54 Å². The Balaban J connectivity index is 1.79. The van der Waals surface area contributed by atoms with Crippen molar-refractivity contribution >= 4 is 5.91 Å². The molecule has 3 rings (SSSR count). The van der Waals surface area contributed by atoms with E-state index in [2.05, 4.69) is 49.7 Å². The first-order valence-electron chi connectivity index (χ1n) is 8.90. The predicted molar refractivity (Wildman–Crippen MR) is 89.8 cm³/mol. The molecule has 1 amide bonds. The first-order chi connectivity index (χ1) is 10.1. The molecule has 0 aromatic rings. The number of piperazine rings is 1. The molecule has 4 heteroatoms. The van der Waals surface area contributed by atoms with Crippen LogP contribution in [0.1, 0.15) is 53.9 Å². The lowest BCUT2D eigenvalue weighted by Crippen LogP contribution is -2.60. The average molecular weight is 307 g/mol. The van der Waals surface area contributed by atoms with E-state index < -0.39 is 0 Å². The summed E-state index contributed by atoms with van der Waals surface area (Å²) in [5, 5.41) is 3.34. The molecule has 3 aliphatic rings. The molecule has 2 unspecified atom stereocenters. The molecule has 1 N–H and O–H groups in total. The number of nitrogens with one attached hydrogen (secondary N) is 1. The first-order valence-corrected chi connectivity index (χ1v) is 8.90. The van der Waals surface area contributed by atoms with E-state index in [1.165, 1.54) is 19.3 Å². The molecule has 2 saturated heterocycles. The second kappa shape index (κ2) is 5.20. The number of fused-ring (bicyclic) bond motifs is 2. The van der Waals surface area contributed by atoms with Gasteiger partial charge in [-0.25, -0.2) is 0 Å². The normalized spacial score (nSPS) is 35.7. The molecule has 0 aromatic heterocycles. The lowest BCUT2D eigenvalue weighted by Gasteiger charge is -2.44. The van der Waals surface area contributed by atoms with Gasteiger partial charge in [0.2, 0.25) is 5.91 Å². The Bertz CT molecular complexity index is 453. The van der Waals surface area contributed by atoms with E-state index in [1.807, 2.05) is 0 Å². The van der Waals surface area contributed by atoms with Crippen LogP contribution in [0.5, 0.6) is 0 Å². The van der Waals surface area contributed by atoms with E-state index in [1.54, 1.807) is 0 Å². The van der Waals surface area contributed by atoms with E-state index in [0.29, 0.717) is 22.8 Å². The van der Waals surface area contributed by atoms with Crippen LogP contribution >= 0.6 is 0 Å². The Morgan fingerprint density at radius 3 is 2.41 bits per heavy atom. The van der Waals surface area contributed by atoms with Crippen LogP contribution < -0.4 is 5.32 Å². The van der Waals surface area contributed by atoms with Crippen molar-refractivity contribution in [2.24, 2.45) is 10.8 Å². The summed E-state index contributed by atoms with van der Waals surface area (Å²) in [6, 6.07) is 0.565. The van der Waals surface area contributed by atoms with Gasteiger partial charge in [-0.2, -0.15) is 0 Å². The highest BCUT2D eigenvalue weighted by Crippen LogP contribution is 2.54. The van der Waals surface area contributed by atoms with Crippen molar-refractivity contribution in [2.75, 3.05) is 32.7 Å². The molecule has 1 saturated carbocycles. The number of amides is 1. The number of carbonyl (C=O) groups is 1.